The largest absolute Gasteiger partial charge is 0.326 e. The van der Waals surface area contributed by atoms with Gasteiger partial charge in [-0.3, -0.25) is 9.52 Å². The molecule has 1 rings (SSSR count). The molecular formula is C10H12Cl2N2O3S. The van der Waals surface area contributed by atoms with Gasteiger partial charge in [0, 0.05) is 12.1 Å². The Hall–Kier alpha value is -0.980. The molecule has 0 atom stereocenters. The van der Waals surface area contributed by atoms with Crippen LogP contribution in [0.5, 0.6) is 0 Å². The van der Waals surface area contributed by atoms with Crippen molar-refractivity contribution in [2.45, 2.75) is 13.3 Å². The molecule has 8 heteroatoms. The van der Waals surface area contributed by atoms with Crippen molar-refractivity contribution in [1.29, 1.82) is 0 Å². The molecule has 0 spiro atoms. The van der Waals surface area contributed by atoms with E-state index >= 15 is 0 Å². The molecule has 0 aromatic heterocycles. The first-order valence-corrected chi connectivity index (χ1v) is 7.60. The fourth-order valence-corrected chi connectivity index (χ4v) is 2.07. The molecule has 0 aliphatic rings. The highest BCUT2D eigenvalue weighted by molar-refractivity contribution is 7.93. The SMILES string of the molecule is CCC(=O)Nc1ccc(Cl)c(NS(=O)(=O)CCl)c1. The van der Waals surface area contributed by atoms with Gasteiger partial charge in [0.1, 0.15) is 5.21 Å². The maximum Gasteiger partial charge on any atom is 0.246 e. The second-order valence-electron chi connectivity index (χ2n) is 3.42. The number of amides is 1. The van der Waals surface area contributed by atoms with Gasteiger partial charge in [0.2, 0.25) is 15.9 Å². The van der Waals surface area contributed by atoms with Crippen LogP contribution in [0.2, 0.25) is 5.02 Å². The maximum atomic E-state index is 11.3. The van der Waals surface area contributed by atoms with Gasteiger partial charge in [-0.05, 0) is 18.2 Å². The van der Waals surface area contributed by atoms with E-state index in [1.54, 1.807) is 13.0 Å². The number of nitrogens with one attached hydrogen (secondary N) is 2. The summed E-state index contributed by atoms with van der Waals surface area (Å²) in [5.74, 6) is -0.177. The van der Waals surface area contributed by atoms with E-state index < -0.39 is 15.2 Å². The lowest BCUT2D eigenvalue weighted by Gasteiger charge is -2.10. The number of alkyl halides is 1. The molecule has 5 nitrogen and oxygen atoms in total. The predicted molar refractivity (Wildman–Crippen MR) is 73.6 cm³/mol. The molecule has 0 bridgehead atoms. The summed E-state index contributed by atoms with van der Waals surface area (Å²) in [5, 5.41) is 2.24. The molecule has 1 aromatic carbocycles. The lowest BCUT2D eigenvalue weighted by Crippen LogP contribution is -2.14. The Morgan fingerprint density at radius 1 is 1.39 bits per heavy atom. The van der Waals surface area contributed by atoms with Crippen molar-refractivity contribution in [2.24, 2.45) is 0 Å². The third-order valence-electron chi connectivity index (χ3n) is 1.98. The first kappa shape index (κ1) is 15.1. The molecule has 1 aromatic rings. The summed E-state index contributed by atoms with van der Waals surface area (Å²) in [4.78, 5) is 11.2. The summed E-state index contributed by atoms with van der Waals surface area (Å²) in [6, 6.07) is 4.49. The van der Waals surface area contributed by atoms with Gasteiger partial charge < -0.3 is 5.32 Å². The Morgan fingerprint density at radius 3 is 2.61 bits per heavy atom. The molecule has 0 heterocycles. The van der Waals surface area contributed by atoms with E-state index in [4.69, 9.17) is 23.2 Å². The van der Waals surface area contributed by atoms with Gasteiger partial charge in [0.15, 0.2) is 0 Å². The van der Waals surface area contributed by atoms with Crippen molar-refractivity contribution in [2.75, 3.05) is 15.3 Å². The predicted octanol–water partition coefficient (Wildman–Crippen LogP) is 2.63. The minimum Gasteiger partial charge on any atom is -0.326 e. The summed E-state index contributed by atoms with van der Waals surface area (Å²) in [6.45, 7) is 1.71. The molecule has 0 radical (unpaired) electrons. The number of rotatable bonds is 5. The van der Waals surface area contributed by atoms with Crippen molar-refractivity contribution >= 4 is 50.5 Å². The average molecular weight is 311 g/mol. The number of benzene rings is 1. The van der Waals surface area contributed by atoms with E-state index in [2.05, 4.69) is 10.0 Å². The number of carbonyl (C=O) groups is 1. The van der Waals surface area contributed by atoms with Gasteiger partial charge in [-0.25, -0.2) is 8.42 Å². The number of sulfonamides is 1. The molecule has 2 N–H and O–H groups in total. The van der Waals surface area contributed by atoms with E-state index in [1.165, 1.54) is 12.1 Å². The van der Waals surface area contributed by atoms with E-state index in [1.807, 2.05) is 0 Å². The quantitative estimate of drug-likeness (QED) is 0.821. The zero-order valence-electron chi connectivity index (χ0n) is 9.54. The molecule has 0 aliphatic heterocycles. The van der Waals surface area contributed by atoms with E-state index in [9.17, 15) is 13.2 Å². The van der Waals surface area contributed by atoms with E-state index in [0.29, 0.717) is 12.1 Å². The lowest BCUT2D eigenvalue weighted by molar-refractivity contribution is -0.115. The first-order chi connectivity index (χ1) is 8.38. The Morgan fingerprint density at radius 2 is 2.06 bits per heavy atom. The average Bonchev–Trinajstić information content (AvgIpc) is 2.33. The Labute approximate surface area is 116 Å². The van der Waals surface area contributed by atoms with Gasteiger partial charge in [0.25, 0.3) is 0 Å². The number of anilines is 2. The lowest BCUT2D eigenvalue weighted by atomic mass is 10.2. The van der Waals surface area contributed by atoms with Crippen LogP contribution in [0.4, 0.5) is 11.4 Å². The summed E-state index contributed by atoms with van der Waals surface area (Å²) in [6.07, 6.45) is 0.325. The van der Waals surface area contributed by atoms with E-state index in [0.717, 1.165) is 0 Å². The van der Waals surface area contributed by atoms with Crippen LogP contribution in [-0.4, -0.2) is 19.5 Å². The smallest absolute Gasteiger partial charge is 0.246 e. The number of hydrogen-bond donors (Lipinski definition) is 2. The number of halogens is 2. The second-order valence-corrected chi connectivity index (χ2v) is 6.14. The topological polar surface area (TPSA) is 75.3 Å². The molecule has 0 saturated carbocycles. The van der Waals surface area contributed by atoms with Crippen LogP contribution in [0.3, 0.4) is 0 Å². The molecule has 0 aliphatic carbocycles. The highest BCUT2D eigenvalue weighted by Crippen LogP contribution is 2.26. The third kappa shape index (κ3) is 4.36. The van der Waals surface area contributed by atoms with Crippen LogP contribution >= 0.6 is 23.2 Å². The summed E-state index contributed by atoms with van der Waals surface area (Å²) in [5.41, 5.74) is 0.629. The number of hydrogen-bond acceptors (Lipinski definition) is 3. The fourth-order valence-electron chi connectivity index (χ4n) is 1.13. The minimum atomic E-state index is -3.63. The van der Waals surface area contributed by atoms with Crippen molar-refractivity contribution in [1.82, 2.24) is 0 Å². The zero-order valence-corrected chi connectivity index (χ0v) is 11.9. The van der Waals surface area contributed by atoms with Crippen LogP contribution in [0.25, 0.3) is 0 Å². The Balaban J connectivity index is 2.98. The van der Waals surface area contributed by atoms with Crippen molar-refractivity contribution < 1.29 is 13.2 Å². The summed E-state index contributed by atoms with van der Waals surface area (Å²) in [7, 11) is -3.63. The molecule has 0 saturated heterocycles. The second kappa shape index (κ2) is 6.26. The molecule has 100 valence electrons. The van der Waals surface area contributed by atoms with Crippen LogP contribution in [0, 0.1) is 0 Å². The minimum absolute atomic E-state index is 0.172. The highest BCUT2D eigenvalue weighted by atomic mass is 35.5. The Kier molecular flexibility index (Phi) is 5.25. The zero-order chi connectivity index (χ0) is 13.8. The standard InChI is InChI=1S/C10H12Cl2N2O3S/c1-2-10(15)13-7-3-4-8(12)9(5-7)14-18(16,17)6-11/h3-5,14H,2,6H2,1H3,(H,13,15). The normalized spacial score (nSPS) is 11.1. The van der Waals surface area contributed by atoms with Crippen LogP contribution < -0.4 is 10.0 Å². The van der Waals surface area contributed by atoms with Gasteiger partial charge in [-0.15, -0.1) is 11.6 Å². The third-order valence-corrected chi connectivity index (χ3v) is 3.99. The summed E-state index contributed by atoms with van der Waals surface area (Å²) >= 11 is 11.1. The van der Waals surface area contributed by atoms with Crippen LogP contribution in [0.15, 0.2) is 18.2 Å². The van der Waals surface area contributed by atoms with E-state index in [-0.39, 0.29) is 16.6 Å². The highest BCUT2D eigenvalue weighted by Gasteiger charge is 2.11. The molecule has 18 heavy (non-hydrogen) atoms. The molecular weight excluding hydrogens is 299 g/mol. The maximum absolute atomic E-state index is 11.3. The fraction of sp³-hybridized carbons (Fsp3) is 0.300. The van der Waals surface area contributed by atoms with Gasteiger partial charge in [-0.1, -0.05) is 18.5 Å². The van der Waals surface area contributed by atoms with Crippen molar-refractivity contribution in [3.05, 3.63) is 23.2 Å². The molecule has 0 unspecified atom stereocenters. The monoisotopic (exact) mass is 310 g/mol. The molecule has 1 amide bonds. The van der Waals surface area contributed by atoms with Gasteiger partial charge in [-0.2, -0.15) is 0 Å². The Bertz CT molecular complexity index is 546. The van der Waals surface area contributed by atoms with Gasteiger partial charge in [0.05, 0.1) is 10.7 Å². The summed E-state index contributed by atoms with van der Waals surface area (Å²) < 4.78 is 24.9. The first-order valence-electron chi connectivity index (χ1n) is 5.04. The van der Waals surface area contributed by atoms with Crippen molar-refractivity contribution in [3.8, 4) is 0 Å². The molecule has 0 fully saturated rings. The van der Waals surface area contributed by atoms with Crippen molar-refractivity contribution in [3.63, 3.8) is 0 Å². The van der Waals surface area contributed by atoms with Crippen LogP contribution in [-0.2, 0) is 14.8 Å². The van der Waals surface area contributed by atoms with Crippen LogP contribution in [0.1, 0.15) is 13.3 Å². The number of carbonyl (C=O) groups excluding carboxylic acids is 1. The van der Waals surface area contributed by atoms with Gasteiger partial charge >= 0.3 is 0 Å².